The molecule has 0 saturated carbocycles. The van der Waals surface area contributed by atoms with Crippen LogP contribution in [0, 0.1) is 11.8 Å². The highest BCUT2D eigenvalue weighted by molar-refractivity contribution is 5.49. The van der Waals surface area contributed by atoms with E-state index in [2.05, 4.69) is 28.9 Å². The van der Waals surface area contributed by atoms with Crippen LogP contribution in [0.3, 0.4) is 0 Å². The first-order valence-electron chi connectivity index (χ1n) is 5.30. The summed E-state index contributed by atoms with van der Waals surface area (Å²) in [5.41, 5.74) is 1.80. The largest absolute Gasteiger partial charge is 0.378 e. The second-order valence-electron chi connectivity index (χ2n) is 4.41. The maximum Gasteiger partial charge on any atom is 0.123 e. The number of nitrogens with zero attached hydrogens (tertiary/aromatic N) is 1. The van der Waals surface area contributed by atoms with Crippen LogP contribution in [0.1, 0.15) is 19.4 Å². The van der Waals surface area contributed by atoms with E-state index in [1.165, 1.54) is 5.69 Å². The van der Waals surface area contributed by atoms with Gasteiger partial charge in [-0.15, -0.1) is 0 Å². The van der Waals surface area contributed by atoms with E-state index in [-0.39, 0.29) is 5.60 Å². The minimum Gasteiger partial charge on any atom is -0.378 e. The molecule has 1 rings (SSSR count). The van der Waals surface area contributed by atoms with E-state index in [1.54, 1.807) is 7.11 Å². The lowest BCUT2D eigenvalue weighted by atomic mass is 10.1. The molecule has 0 spiro atoms. The summed E-state index contributed by atoms with van der Waals surface area (Å²) in [5.74, 6) is 6.20. The third-order valence-electron chi connectivity index (χ3n) is 2.40. The molecule has 0 saturated heterocycles. The van der Waals surface area contributed by atoms with Crippen LogP contribution in [-0.4, -0.2) is 26.8 Å². The highest BCUT2D eigenvalue weighted by Gasteiger charge is 2.10. The van der Waals surface area contributed by atoms with Crippen molar-refractivity contribution in [3.8, 4) is 11.8 Å². The van der Waals surface area contributed by atoms with Gasteiger partial charge in [0.15, 0.2) is 0 Å². The van der Waals surface area contributed by atoms with Crippen molar-refractivity contribution in [3.05, 3.63) is 29.8 Å². The molecule has 0 aliphatic rings. The molecule has 2 heteroatoms. The van der Waals surface area contributed by atoms with Gasteiger partial charge in [0, 0.05) is 32.5 Å². The van der Waals surface area contributed by atoms with Crippen molar-refractivity contribution in [3.63, 3.8) is 0 Å². The van der Waals surface area contributed by atoms with Gasteiger partial charge in [0.05, 0.1) is 0 Å². The first-order chi connectivity index (χ1) is 7.44. The van der Waals surface area contributed by atoms with Gasteiger partial charge in [-0.05, 0) is 38.1 Å². The summed E-state index contributed by atoms with van der Waals surface area (Å²) in [6.07, 6.45) is 0. The third-order valence-corrected chi connectivity index (χ3v) is 2.40. The van der Waals surface area contributed by atoms with Crippen LogP contribution in [0.15, 0.2) is 24.3 Å². The van der Waals surface area contributed by atoms with Crippen molar-refractivity contribution in [2.24, 2.45) is 0 Å². The van der Waals surface area contributed by atoms with Crippen LogP contribution < -0.4 is 4.90 Å². The van der Waals surface area contributed by atoms with Crippen molar-refractivity contribution >= 4 is 5.69 Å². The van der Waals surface area contributed by atoms with Gasteiger partial charge in [0.1, 0.15) is 5.60 Å². The first kappa shape index (κ1) is 12.6. The number of rotatable bonds is 2. The number of anilines is 1. The molecule has 0 aromatic heterocycles. The summed E-state index contributed by atoms with van der Waals surface area (Å²) in [5, 5.41) is 0. The molecule has 86 valence electrons. The van der Waals surface area contributed by atoms with Gasteiger partial charge in [-0.1, -0.05) is 11.8 Å². The monoisotopic (exact) mass is 217 g/mol. The molecule has 0 aliphatic heterocycles. The summed E-state index contributed by atoms with van der Waals surface area (Å²) < 4.78 is 5.24. The van der Waals surface area contributed by atoms with E-state index < -0.39 is 0 Å². The lowest BCUT2D eigenvalue weighted by molar-refractivity contribution is 0.0742. The van der Waals surface area contributed by atoms with Crippen LogP contribution in [0.4, 0.5) is 5.69 Å². The Balaban J connectivity index is 2.84. The maximum atomic E-state index is 5.24. The molecule has 0 atom stereocenters. The molecule has 0 bridgehead atoms. The van der Waals surface area contributed by atoms with Gasteiger partial charge in [0.2, 0.25) is 0 Å². The molecule has 0 radical (unpaired) electrons. The Morgan fingerprint density at radius 1 is 1.12 bits per heavy atom. The van der Waals surface area contributed by atoms with E-state index >= 15 is 0 Å². The third kappa shape index (κ3) is 3.60. The van der Waals surface area contributed by atoms with E-state index in [1.807, 2.05) is 40.1 Å². The number of methoxy groups -OCH3 is 1. The molecule has 1 aromatic carbocycles. The molecule has 0 aliphatic carbocycles. The van der Waals surface area contributed by atoms with Gasteiger partial charge in [-0.3, -0.25) is 0 Å². The van der Waals surface area contributed by atoms with Crippen molar-refractivity contribution in [1.29, 1.82) is 0 Å². The van der Waals surface area contributed by atoms with Crippen LogP contribution in [0.5, 0.6) is 0 Å². The van der Waals surface area contributed by atoms with Gasteiger partial charge in [0.25, 0.3) is 0 Å². The molecule has 0 amide bonds. The Hall–Kier alpha value is -1.46. The molecule has 0 fully saturated rings. The predicted molar refractivity (Wildman–Crippen MR) is 68.7 cm³/mol. The first-order valence-corrected chi connectivity index (χ1v) is 5.30. The maximum absolute atomic E-state index is 5.24. The fraction of sp³-hybridized carbons (Fsp3) is 0.429. The zero-order valence-corrected chi connectivity index (χ0v) is 10.7. The average Bonchev–Trinajstić information content (AvgIpc) is 2.27. The Kier molecular flexibility index (Phi) is 3.98. The van der Waals surface area contributed by atoms with E-state index in [9.17, 15) is 0 Å². The van der Waals surface area contributed by atoms with Crippen LogP contribution >= 0.6 is 0 Å². The molecule has 0 heterocycles. The standard InChI is InChI=1S/C14H19NO/c1-14(2,16-5)11-10-12-6-8-13(9-7-12)15(3)4/h6-9H,1-5H3. The lowest BCUT2D eigenvalue weighted by Gasteiger charge is -2.14. The Bertz CT molecular complexity index is 393. The van der Waals surface area contributed by atoms with Crippen LogP contribution in [-0.2, 0) is 4.74 Å². The SMILES string of the molecule is COC(C)(C)C#Cc1ccc(N(C)C)cc1. The highest BCUT2D eigenvalue weighted by atomic mass is 16.5. The fourth-order valence-electron chi connectivity index (χ4n) is 1.12. The average molecular weight is 217 g/mol. The summed E-state index contributed by atoms with van der Waals surface area (Å²) in [6, 6.07) is 8.16. The Labute approximate surface area is 98.2 Å². The van der Waals surface area contributed by atoms with Crippen LogP contribution in [0.25, 0.3) is 0 Å². The van der Waals surface area contributed by atoms with E-state index in [4.69, 9.17) is 4.74 Å². The second-order valence-corrected chi connectivity index (χ2v) is 4.41. The molecule has 0 unspecified atom stereocenters. The molecular formula is C14H19NO. The van der Waals surface area contributed by atoms with Crippen molar-refractivity contribution in [2.75, 3.05) is 26.1 Å². The number of benzene rings is 1. The van der Waals surface area contributed by atoms with Gasteiger partial charge >= 0.3 is 0 Å². The minimum atomic E-state index is -0.389. The number of ether oxygens (including phenoxy) is 1. The quantitative estimate of drug-likeness (QED) is 0.706. The zero-order valence-electron chi connectivity index (χ0n) is 10.7. The lowest BCUT2D eigenvalue weighted by Crippen LogP contribution is -2.19. The molecule has 0 N–H and O–H groups in total. The Morgan fingerprint density at radius 2 is 1.69 bits per heavy atom. The van der Waals surface area contributed by atoms with E-state index in [0.717, 1.165) is 5.56 Å². The van der Waals surface area contributed by atoms with Crippen LogP contribution in [0.2, 0.25) is 0 Å². The zero-order chi connectivity index (χ0) is 12.2. The van der Waals surface area contributed by atoms with Crippen molar-refractivity contribution in [2.45, 2.75) is 19.4 Å². The Morgan fingerprint density at radius 3 is 2.12 bits per heavy atom. The normalized spacial score (nSPS) is 10.6. The predicted octanol–water partition coefficient (Wildman–Crippen LogP) is 2.53. The second kappa shape index (κ2) is 5.05. The van der Waals surface area contributed by atoms with Crippen molar-refractivity contribution < 1.29 is 4.74 Å². The molecular weight excluding hydrogens is 198 g/mol. The summed E-state index contributed by atoms with van der Waals surface area (Å²) in [7, 11) is 5.72. The molecule has 2 nitrogen and oxygen atoms in total. The van der Waals surface area contributed by atoms with Gasteiger partial charge in [-0.25, -0.2) is 0 Å². The number of hydrogen-bond donors (Lipinski definition) is 0. The molecule has 16 heavy (non-hydrogen) atoms. The fourth-order valence-corrected chi connectivity index (χ4v) is 1.12. The summed E-state index contributed by atoms with van der Waals surface area (Å²) >= 11 is 0. The summed E-state index contributed by atoms with van der Waals surface area (Å²) in [6.45, 7) is 3.91. The van der Waals surface area contributed by atoms with E-state index in [0.29, 0.717) is 0 Å². The smallest absolute Gasteiger partial charge is 0.123 e. The van der Waals surface area contributed by atoms with Gasteiger partial charge in [-0.2, -0.15) is 0 Å². The molecule has 1 aromatic rings. The topological polar surface area (TPSA) is 12.5 Å². The summed E-state index contributed by atoms with van der Waals surface area (Å²) in [4.78, 5) is 2.07. The highest BCUT2D eigenvalue weighted by Crippen LogP contribution is 2.12. The van der Waals surface area contributed by atoms with Crippen molar-refractivity contribution in [1.82, 2.24) is 0 Å². The van der Waals surface area contributed by atoms with Gasteiger partial charge < -0.3 is 9.64 Å². The number of hydrogen-bond acceptors (Lipinski definition) is 2. The minimum absolute atomic E-state index is 0.389.